The van der Waals surface area contributed by atoms with Crippen LogP contribution in [0.1, 0.15) is 21.1 Å². The number of carbonyl (C=O) groups is 1. The minimum absolute atomic E-state index is 0.00609. The van der Waals surface area contributed by atoms with E-state index >= 15 is 0 Å². The van der Waals surface area contributed by atoms with Gasteiger partial charge in [0.25, 0.3) is 5.91 Å². The smallest absolute Gasteiger partial charge is 0.274 e. The Morgan fingerprint density at radius 3 is 2.80 bits per heavy atom. The number of furan rings is 1. The zero-order valence-electron chi connectivity index (χ0n) is 14.1. The van der Waals surface area contributed by atoms with E-state index in [1.807, 2.05) is 23.1 Å². The Kier molecular flexibility index (Phi) is 4.42. The average molecular weight is 356 g/mol. The Hall–Kier alpha value is -2.38. The number of aryl methyl sites for hydroxylation is 1. The molecule has 4 heterocycles. The number of H-pyrrole nitrogens is 1. The van der Waals surface area contributed by atoms with Gasteiger partial charge in [-0.25, -0.2) is 0 Å². The second-order valence-electron chi connectivity index (χ2n) is 6.22. The Labute approximate surface area is 150 Å². The fourth-order valence-corrected chi connectivity index (χ4v) is 3.86. The number of thiophene rings is 1. The molecule has 0 bridgehead atoms. The standard InChI is InChI=1S/C18H20N4O2S/c1-13-4-5-17(25-13)15-11-16(20-19-15)18(23)22-8-6-21(7-9-22)12-14-3-2-10-24-14/h2-5,10-11H,6-9,12H2,1H3,(H,19,20). The minimum atomic E-state index is -0.00609. The van der Waals surface area contributed by atoms with Crippen molar-refractivity contribution < 1.29 is 9.21 Å². The van der Waals surface area contributed by atoms with Gasteiger partial charge in [-0.3, -0.25) is 14.8 Å². The van der Waals surface area contributed by atoms with Gasteiger partial charge >= 0.3 is 0 Å². The molecule has 0 aliphatic carbocycles. The Morgan fingerprint density at radius 2 is 2.12 bits per heavy atom. The molecule has 4 rings (SSSR count). The van der Waals surface area contributed by atoms with Crippen LogP contribution in [0.5, 0.6) is 0 Å². The summed E-state index contributed by atoms with van der Waals surface area (Å²) in [4.78, 5) is 19.2. The van der Waals surface area contributed by atoms with Crippen molar-refractivity contribution in [2.24, 2.45) is 0 Å². The summed E-state index contributed by atoms with van der Waals surface area (Å²) >= 11 is 1.69. The first-order valence-electron chi connectivity index (χ1n) is 8.35. The highest BCUT2D eigenvalue weighted by Gasteiger charge is 2.24. The Bertz CT molecular complexity index is 844. The van der Waals surface area contributed by atoms with E-state index in [1.54, 1.807) is 17.6 Å². The van der Waals surface area contributed by atoms with Crippen LogP contribution in [0.15, 0.2) is 41.0 Å². The molecule has 0 unspecified atom stereocenters. The number of rotatable bonds is 4. The summed E-state index contributed by atoms with van der Waals surface area (Å²) in [7, 11) is 0. The van der Waals surface area contributed by atoms with Crippen molar-refractivity contribution >= 4 is 17.2 Å². The summed E-state index contributed by atoms with van der Waals surface area (Å²) in [6.07, 6.45) is 1.69. The third-order valence-electron chi connectivity index (χ3n) is 4.42. The number of amides is 1. The van der Waals surface area contributed by atoms with Crippen molar-refractivity contribution in [3.8, 4) is 10.6 Å². The molecule has 0 saturated carbocycles. The molecule has 1 aliphatic heterocycles. The number of nitrogens with one attached hydrogen (secondary N) is 1. The first kappa shape index (κ1) is 16.1. The van der Waals surface area contributed by atoms with Gasteiger partial charge in [-0.1, -0.05) is 0 Å². The molecule has 6 nitrogen and oxygen atoms in total. The van der Waals surface area contributed by atoms with E-state index in [0.29, 0.717) is 18.8 Å². The molecule has 3 aromatic heterocycles. The van der Waals surface area contributed by atoms with E-state index in [2.05, 4.69) is 34.2 Å². The van der Waals surface area contributed by atoms with Crippen LogP contribution < -0.4 is 0 Å². The highest BCUT2D eigenvalue weighted by Crippen LogP contribution is 2.26. The van der Waals surface area contributed by atoms with Gasteiger partial charge in [-0.15, -0.1) is 11.3 Å². The Balaban J connectivity index is 1.37. The summed E-state index contributed by atoms with van der Waals surface area (Å²) in [6.45, 7) is 5.96. The molecule has 7 heteroatoms. The molecule has 1 aliphatic rings. The van der Waals surface area contributed by atoms with Gasteiger partial charge in [0, 0.05) is 31.1 Å². The van der Waals surface area contributed by atoms with Gasteiger partial charge in [0.1, 0.15) is 5.76 Å². The normalized spacial score (nSPS) is 15.6. The molecule has 3 aromatic rings. The van der Waals surface area contributed by atoms with Crippen molar-refractivity contribution in [1.29, 1.82) is 0 Å². The van der Waals surface area contributed by atoms with Crippen LogP contribution in [0.2, 0.25) is 0 Å². The van der Waals surface area contributed by atoms with E-state index in [4.69, 9.17) is 4.42 Å². The lowest BCUT2D eigenvalue weighted by atomic mass is 10.2. The monoisotopic (exact) mass is 356 g/mol. The Morgan fingerprint density at radius 1 is 1.28 bits per heavy atom. The van der Waals surface area contributed by atoms with Gasteiger partial charge in [-0.2, -0.15) is 5.10 Å². The predicted molar refractivity (Wildman–Crippen MR) is 96.5 cm³/mol. The fourth-order valence-electron chi connectivity index (χ4n) is 3.03. The summed E-state index contributed by atoms with van der Waals surface area (Å²) in [5.74, 6) is 0.955. The highest BCUT2D eigenvalue weighted by atomic mass is 32.1. The average Bonchev–Trinajstić information content (AvgIpc) is 3.36. The summed E-state index contributed by atoms with van der Waals surface area (Å²) < 4.78 is 5.39. The lowest BCUT2D eigenvalue weighted by molar-refractivity contribution is 0.0614. The second kappa shape index (κ2) is 6.85. The van der Waals surface area contributed by atoms with E-state index in [9.17, 15) is 4.79 Å². The first-order valence-corrected chi connectivity index (χ1v) is 9.17. The topological polar surface area (TPSA) is 65.4 Å². The summed E-state index contributed by atoms with van der Waals surface area (Å²) in [5, 5.41) is 7.20. The summed E-state index contributed by atoms with van der Waals surface area (Å²) in [5.41, 5.74) is 1.39. The van der Waals surface area contributed by atoms with Crippen LogP contribution >= 0.6 is 11.3 Å². The highest BCUT2D eigenvalue weighted by molar-refractivity contribution is 7.15. The van der Waals surface area contributed by atoms with Crippen LogP contribution in [-0.2, 0) is 6.54 Å². The van der Waals surface area contributed by atoms with E-state index in [1.165, 1.54) is 4.88 Å². The second-order valence-corrected chi connectivity index (χ2v) is 7.51. The lowest BCUT2D eigenvalue weighted by Crippen LogP contribution is -2.48. The quantitative estimate of drug-likeness (QED) is 0.780. The molecule has 130 valence electrons. The van der Waals surface area contributed by atoms with Gasteiger partial charge in [0.05, 0.1) is 23.4 Å². The van der Waals surface area contributed by atoms with Crippen molar-refractivity contribution in [3.05, 3.63) is 52.9 Å². The molecule has 1 N–H and O–H groups in total. The minimum Gasteiger partial charge on any atom is -0.468 e. The van der Waals surface area contributed by atoms with Crippen molar-refractivity contribution in [2.45, 2.75) is 13.5 Å². The van der Waals surface area contributed by atoms with Gasteiger partial charge in [0.2, 0.25) is 0 Å². The third-order valence-corrected chi connectivity index (χ3v) is 5.46. The number of hydrogen-bond acceptors (Lipinski definition) is 5. The van der Waals surface area contributed by atoms with Gasteiger partial charge in [0.15, 0.2) is 5.69 Å². The zero-order valence-corrected chi connectivity index (χ0v) is 14.9. The maximum Gasteiger partial charge on any atom is 0.274 e. The molecule has 1 amide bonds. The number of carbonyl (C=O) groups excluding carboxylic acids is 1. The van der Waals surface area contributed by atoms with Crippen molar-refractivity contribution in [1.82, 2.24) is 20.0 Å². The van der Waals surface area contributed by atoms with Crippen LogP contribution in [0.3, 0.4) is 0 Å². The van der Waals surface area contributed by atoms with Crippen LogP contribution in [-0.4, -0.2) is 52.1 Å². The maximum absolute atomic E-state index is 12.7. The number of aromatic amines is 1. The molecular formula is C18H20N4O2S. The van der Waals surface area contributed by atoms with Crippen LogP contribution in [0.25, 0.3) is 10.6 Å². The molecule has 1 saturated heterocycles. The largest absolute Gasteiger partial charge is 0.468 e. The molecule has 0 atom stereocenters. The van der Waals surface area contributed by atoms with E-state index < -0.39 is 0 Å². The van der Waals surface area contributed by atoms with Gasteiger partial charge in [-0.05, 0) is 37.3 Å². The van der Waals surface area contributed by atoms with Gasteiger partial charge < -0.3 is 9.32 Å². The fraction of sp³-hybridized carbons (Fsp3) is 0.333. The third kappa shape index (κ3) is 3.52. The number of piperazine rings is 1. The van der Waals surface area contributed by atoms with Crippen LogP contribution in [0, 0.1) is 6.92 Å². The molecule has 0 spiro atoms. The van der Waals surface area contributed by atoms with E-state index in [0.717, 1.165) is 36.0 Å². The maximum atomic E-state index is 12.7. The molecular weight excluding hydrogens is 336 g/mol. The van der Waals surface area contributed by atoms with Crippen molar-refractivity contribution in [2.75, 3.05) is 26.2 Å². The molecule has 25 heavy (non-hydrogen) atoms. The van der Waals surface area contributed by atoms with Crippen molar-refractivity contribution in [3.63, 3.8) is 0 Å². The molecule has 0 radical (unpaired) electrons. The molecule has 1 fully saturated rings. The number of hydrogen-bond donors (Lipinski definition) is 1. The lowest BCUT2D eigenvalue weighted by Gasteiger charge is -2.33. The predicted octanol–water partition coefficient (Wildman–Crippen LogP) is 3.00. The SMILES string of the molecule is Cc1ccc(-c2cc(C(=O)N3CCN(Cc4ccco4)CC3)n[nH]2)s1. The zero-order chi connectivity index (χ0) is 17.2. The number of nitrogens with zero attached hydrogens (tertiary/aromatic N) is 3. The summed E-state index contributed by atoms with van der Waals surface area (Å²) in [6, 6.07) is 9.85. The first-order chi connectivity index (χ1) is 12.2. The van der Waals surface area contributed by atoms with Crippen LogP contribution in [0.4, 0.5) is 0 Å². The molecule has 0 aromatic carbocycles. The van der Waals surface area contributed by atoms with E-state index in [-0.39, 0.29) is 5.91 Å². The number of aromatic nitrogens is 2.